The molecule has 0 aliphatic rings. The number of nitrogens with zero attached hydrogens (tertiary/aromatic N) is 1. The molecule has 0 unspecified atom stereocenters. The molecule has 0 saturated heterocycles. The van der Waals surface area contributed by atoms with Crippen molar-refractivity contribution >= 4 is 21.9 Å². The highest BCUT2D eigenvalue weighted by Gasteiger charge is 2.06. The van der Waals surface area contributed by atoms with Gasteiger partial charge in [-0.2, -0.15) is 0 Å². The van der Waals surface area contributed by atoms with E-state index in [4.69, 9.17) is 4.74 Å². The van der Waals surface area contributed by atoms with Gasteiger partial charge in [-0.15, -0.1) is 0 Å². The molecule has 2 aromatic rings. The van der Waals surface area contributed by atoms with E-state index in [1.165, 1.54) is 7.11 Å². The van der Waals surface area contributed by atoms with Gasteiger partial charge < -0.3 is 9.47 Å². The van der Waals surface area contributed by atoms with Gasteiger partial charge in [-0.25, -0.2) is 9.78 Å². The Morgan fingerprint density at radius 2 is 2.11 bits per heavy atom. The summed E-state index contributed by atoms with van der Waals surface area (Å²) >= 11 is 3.29. The minimum atomic E-state index is -0.399. The zero-order valence-electron chi connectivity index (χ0n) is 9.59. The highest BCUT2D eigenvalue weighted by Crippen LogP contribution is 2.21. The van der Waals surface area contributed by atoms with Crippen molar-refractivity contribution in [3.8, 4) is 11.6 Å². The van der Waals surface area contributed by atoms with Gasteiger partial charge in [0.05, 0.1) is 12.7 Å². The van der Waals surface area contributed by atoms with Crippen LogP contribution in [0, 0.1) is 0 Å². The van der Waals surface area contributed by atoms with E-state index in [-0.39, 0.29) is 0 Å². The average molecular weight is 308 g/mol. The second kappa shape index (κ2) is 5.64. The van der Waals surface area contributed by atoms with Crippen molar-refractivity contribution in [3.05, 3.63) is 52.6 Å². The van der Waals surface area contributed by atoms with Gasteiger partial charge >= 0.3 is 5.97 Å². The zero-order valence-corrected chi connectivity index (χ0v) is 11.2. The van der Waals surface area contributed by atoms with E-state index in [2.05, 4.69) is 25.7 Å². The van der Waals surface area contributed by atoms with Gasteiger partial charge in [0.1, 0.15) is 5.75 Å². The van der Waals surface area contributed by atoms with E-state index < -0.39 is 5.97 Å². The van der Waals surface area contributed by atoms with Gasteiger partial charge in [0.15, 0.2) is 0 Å². The van der Waals surface area contributed by atoms with E-state index >= 15 is 0 Å². The predicted octanol–water partition coefficient (Wildman–Crippen LogP) is 3.42. The molecule has 0 radical (unpaired) electrons. The number of ether oxygens (including phenoxy) is 2. The third-order valence-corrected chi connectivity index (χ3v) is 2.65. The van der Waals surface area contributed by atoms with Crippen LogP contribution < -0.4 is 4.74 Å². The Hall–Kier alpha value is -1.88. The molecule has 0 aliphatic carbocycles. The standard InChI is InChI=1S/C13H10BrNO3/c1-17-13(16)9-3-2-4-11(7-9)18-12-6-5-10(14)8-15-12/h2-8H,1H3. The van der Waals surface area contributed by atoms with E-state index in [9.17, 15) is 4.79 Å². The third kappa shape index (κ3) is 3.07. The van der Waals surface area contributed by atoms with Crippen molar-refractivity contribution < 1.29 is 14.3 Å². The van der Waals surface area contributed by atoms with Gasteiger partial charge in [-0.05, 0) is 40.2 Å². The summed E-state index contributed by atoms with van der Waals surface area (Å²) in [5, 5.41) is 0. The van der Waals surface area contributed by atoms with Crippen LogP contribution in [-0.4, -0.2) is 18.1 Å². The fourth-order valence-electron chi connectivity index (χ4n) is 1.35. The highest BCUT2D eigenvalue weighted by molar-refractivity contribution is 9.10. The minimum Gasteiger partial charge on any atom is -0.465 e. The summed E-state index contributed by atoms with van der Waals surface area (Å²) in [7, 11) is 1.34. The lowest BCUT2D eigenvalue weighted by Crippen LogP contribution is -2.00. The number of esters is 1. The number of aromatic nitrogens is 1. The van der Waals surface area contributed by atoms with E-state index in [1.807, 2.05) is 6.07 Å². The Balaban J connectivity index is 2.19. The van der Waals surface area contributed by atoms with Crippen LogP contribution in [0.1, 0.15) is 10.4 Å². The van der Waals surface area contributed by atoms with Gasteiger partial charge in [0.2, 0.25) is 5.88 Å². The molecule has 0 N–H and O–H groups in total. The number of pyridine rings is 1. The molecule has 1 aromatic heterocycles. The zero-order chi connectivity index (χ0) is 13.0. The van der Waals surface area contributed by atoms with E-state index in [1.54, 1.807) is 36.5 Å². The normalized spacial score (nSPS) is 9.89. The van der Waals surface area contributed by atoms with Crippen LogP contribution in [-0.2, 0) is 4.74 Å². The molecule has 1 heterocycles. The Morgan fingerprint density at radius 1 is 1.28 bits per heavy atom. The van der Waals surface area contributed by atoms with Crippen molar-refractivity contribution in [1.82, 2.24) is 4.98 Å². The smallest absolute Gasteiger partial charge is 0.337 e. The van der Waals surface area contributed by atoms with E-state index in [0.717, 1.165) is 4.47 Å². The molecular weight excluding hydrogens is 298 g/mol. The first kappa shape index (κ1) is 12.6. The number of carbonyl (C=O) groups excluding carboxylic acids is 1. The van der Waals surface area contributed by atoms with Crippen molar-refractivity contribution in [3.63, 3.8) is 0 Å². The first-order valence-electron chi connectivity index (χ1n) is 5.17. The lowest BCUT2D eigenvalue weighted by atomic mass is 10.2. The molecule has 0 spiro atoms. The second-order valence-electron chi connectivity index (χ2n) is 3.44. The first-order chi connectivity index (χ1) is 8.69. The Kier molecular flexibility index (Phi) is 3.94. The number of methoxy groups -OCH3 is 1. The van der Waals surface area contributed by atoms with Gasteiger partial charge in [-0.1, -0.05) is 6.07 Å². The Morgan fingerprint density at radius 3 is 2.78 bits per heavy atom. The summed E-state index contributed by atoms with van der Waals surface area (Å²) in [6.07, 6.45) is 1.64. The molecule has 0 saturated carbocycles. The molecule has 2 rings (SSSR count). The maximum absolute atomic E-state index is 11.4. The van der Waals surface area contributed by atoms with Gasteiger partial charge in [-0.3, -0.25) is 0 Å². The van der Waals surface area contributed by atoms with Crippen LogP contribution in [0.4, 0.5) is 0 Å². The lowest BCUT2D eigenvalue weighted by molar-refractivity contribution is 0.0600. The lowest BCUT2D eigenvalue weighted by Gasteiger charge is -2.06. The number of carbonyl (C=O) groups is 1. The van der Waals surface area contributed by atoms with Crippen LogP contribution in [0.15, 0.2) is 47.1 Å². The maximum atomic E-state index is 11.4. The number of benzene rings is 1. The number of halogens is 1. The largest absolute Gasteiger partial charge is 0.465 e. The van der Waals surface area contributed by atoms with Crippen LogP contribution >= 0.6 is 15.9 Å². The monoisotopic (exact) mass is 307 g/mol. The molecule has 0 bridgehead atoms. The third-order valence-electron chi connectivity index (χ3n) is 2.18. The van der Waals surface area contributed by atoms with Crippen molar-refractivity contribution in [2.75, 3.05) is 7.11 Å². The molecule has 1 aromatic carbocycles. The minimum absolute atomic E-state index is 0.399. The van der Waals surface area contributed by atoms with E-state index in [0.29, 0.717) is 17.2 Å². The predicted molar refractivity (Wildman–Crippen MR) is 69.8 cm³/mol. The highest BCUT2D eigenvalue weighted by atomic mass is 79.9. The Labute approximate surface area is 113 Å². The van der Waals surface area contributed by atoms with Crippen LogP contribution in [0.3, 0.4) is 0 Å². The summed E-state index contributed by atoms with van der Waals surface area (Å²) < 4.78 is 11.0. The molecule has 0 aliphatic heterocycles. The van der Waals surface area contributed by atoms with Crippen molar-refractivity contribution in [2.24, 2.45) is 0 Å². The molecule has 5 heteroatoms. The summed E-state index contributed by atoms with van der Waals surface area (Å²) in [4.78, 5) is 15.4. The molecule has 0 atom stereocenters. The quantitative estimate of drug-likeness (QED) is 0.815. The van der Waals surface area contributed by atoms with Crippen LogP contribution in [0.2, 0.25) is 0 Å². The summed E-state index contributed by atoms with van der Waals surface area (Å²) in [6, 6.07) is 10.3. The number of hydrogen-bond donors (Lipinski definition) is 0. The fourth-order valence-corrected chi connectivity index (χ4v) is 1.58. The van der Waals surface area contributed by atoms with Gasteiger partial charge in [0, 0.05) is 16.7 Å². The summed E-state index contributed by atoms with van der Waals surface area (Å²) in [5.41, 5.74) is 0.437. The number of rotatable bonds is 3. The van der Waals surface area contributed by atoms with Crippen LogP contribution in [0.5, 0.6) is 11.6 Å². The maximum Gasteiger partial charge on any atom is 0.337 e. The molecule has 18 heavy (non-hydrogen) atoms. The average Bonchev–Trinajstić information content (AvgIpc) is 2.41. The van der Waals surface area contributed by atoms with Crippen molar-refractivity contribution in [1.29, 1.82) is 0 Å². The topological polar surface area (TPSA) is 48.4 Å². The Bertz CT molecular complexity index is 554. The van der Waals surface area contributed by atoms with Crippen LogP contribution in [0.25, 0.3) is 0 Å². The molecule has 4 nitrogen and oxygen atoms in total. The molecule has 92 valence electrons. The fraction of sp³-hybridized carbons (Fsp3) is 0.0769. The SMILES string of the molecule is COC(=O)c1cccc(Oc2ccc(Br)cn2)c1. The summed E-state index contributed by atoms with van der Waals surface area (Å²) in [5.74, 6) is 0.595. The summed E-state index contributed by atoms with van der Waals surface area (Å²) in [6.45, 7) is 0. The molecular formula is C13H10BrNO3. The first-order valence-corrected chi connectivity index (χ1v) is 5.96. The second-order valence-corrected chi connectivity index (χ2v) is 4.35. The molecule has 0 fully saturated rings. The van der Waals surface area contributed by atoms with Gasteiger partial charge in [0.25, 0.3) is 0 Å². The molecule has 0 amide bonds. The number of hydrogen-bond acceptors (Lipinski definition) is 4. The van der Waals surface area contributed by atoms with Crippen molar-refractivity contribution in [2.45, 2.75) is 0 Å².